The predicted molar refractivity (Wildman–Crippen MR) is 96.3 cm³/mol. The molecule has 0 aliphatic rings. The average Bonchev–Trinajstić information content (AvgIpc) is 3.08. The summed E-state index contributed by atoms with van der Waals surface area (Å²) in [6.45, 7) is 7.44. The van der Waals surface area contributed by atoms with Gasteiger partial charge in [0.25, 0.3) is 5.91 Å². The standard InChI is InChI=1S/C19H20N4O2/c1-12-10-17(15(4)25-12)19(24)21-20-11-18-13(2)22-23(14(18)3)16-8-6-5-7-9-16/h5-11H,1-4H3,(H,21,24). The van der Waals surface area contributed by atoms with Gasteiger partial charge in [0.1, 0.15) is 11.5 Å². The number of nitrogens with zero attached hydrogens (tertiary/aromatic N) is 3. The number of amides is 1. The quantitative estimate of drug-likeness (QED) is 0.586. The number of aryl methyl sites for hydroxylation is 3. The van der Waals surface area contributed by atoms with E-state index in [-0.39, 0.29) is 5.91 Å². The monoisotopic (exact) mass is 336 g/mol. The van der Waals surface area contributed by atoms with Crippen LogP contribution in [0.5, 0.6) is 0 Å². The summed E-state index contributed by atoms with van der Waals surface area (Å²) in [6.07, 6.45) is 1.62. The van der Waals surface area contributed by atoms with Gasteiger partial charge in [-0.3, -0.25) is 4.79 Å². The van der Waals surface area contributed by atoms with Crippen molar-refractivity contribution >= 4 is 12.1 Å². The van der Waals surface area contributed by atoms with E-state index in [0.29, 0.717) is 17.1 Å². The van der Waals surface area contributed by atoms with Crippen LogP contribution in [0, 0.1) is 27.7 Å². The van der Waals surface area contributed by atoms with Gasteiger partial charge in [0.05, 0.1) is 28.9 Å². The predicted octanol–water partition coefficient (Wildman–Crippen LogP) is 3.46. The molecule has 1 aromatic carbocycles. The molecule has 25 heavy (non-hydrogen) atoms. The number of hydrazone groups is 1. The molecule has 0 saturated heterocycles. The highest BCUT2D eigenvalue weighted by atomic mass is 16.3. The van der Waals surface area contributed by atoms with Crippen molar-refractivity contribution in [3.63, 3.8) is 0 Å². The van der Waals surface area contributed by atoms with E-state index < -0.39 is 0 Å². The number of hydrogen-bond donors (Lipinski definition) is 1. The summed E-state index contributed by atoms with van der Waals surface area (Å²) in [4.78, 5) is 12.2. The van der Waals surface area contributed by atoms with Crippen molar-refractivity contribution in [2.24, 2.45) is 5.10 Å². The van der Waals surface area contributed by atoms with Crippen molar-refractivity contribution < 1.29 is 9.21 Å². The van der Waals surface area contributed by atoms with E-state index in [1.54, 1.807) is 26.1 Å². The van der Waals surface area contributed by atoms with Gasteiger partial charge in [-0.1, -0.05) is 18.2 Å². The third-order valence-corrected chi connectivity index (χ3v) is 3.99. The summed E-state index contributed by atoms with van der Waals surface area (Å²) in [5.41, 5.74) is 6.69. The zero-order valence-electron chi connectivity index (χ0n) is 14.7. The molecule has 3 rings (SSSR count). The third-order valence-electron chi connectivity index (χ3n) is 3.99. The highest BCUT2D eigenvalue weighted by Gasteiger charge is 2.14. The summed E-state index contributed by atoms with van der Waals surface area (Å²) >= 11 is 0. The third kappa shape index (κ3) is 3.38. The molecule has 0 radical (unpaired) electrons. The van der Waals surface area contributed by atoms with Gasteiger partial charge in [-0.2, -0.15) is 10.2 Å². The molecule has 1 amide bonds. The zero-order valence-corrected chi connectivity index (χ0v) is 14.7. The van der Waals surface area contributed by atoms with Gasteiger partial charge in [-0.05, 0) is 45.9 Å². The number of rotatable bonds is 4. The molecule has 0 fully saturated rings. The number of benzene rings is 1. The molecule has 0 spiro atoms. The maximum absolute atomic E-state index is 12.2. The summed E-state index contributed by atoms with van der Waals surface area (Å²) in [7, 11) is 0. The lowest BCUT2D eigenvalue weighted by molar-refractivity contribution is 0.0953. The Hall–Kier alpha value is -3.15. The van der Waals surface area contributed by atoms with Gasteiger partial charge < -0.3 is 4.42 Å². The Morgan fingerprint density at radius 1 is 1.20 bits per heavy atom. The van der Waals surface area contributed by atoms with Gasteiger partial charge in [0.2, 0.25) is 0 Å². The van der Waals surface area contributed by atoms with Crippen LogP contribution in [0.4, 0.5) is 0 Å². The highest BCUT2D eigenvalue weighted by molar-refractivity contribution is 5.96. The Morgan fingerprint density at radius 3 is 2.56 bits per heavy atom. The van der Waals surface area contributed by atoms with Crippen LogP contribution in [0.15, 0.2) is 45.9 Å². The summed E-state index contributed by atoms with van der Waals surface area (Å²) in [5.74, 6) is 0.980. The molecule has 6 heteroatoms. The molecule has 0 unspecified atom stereocenters. The number of para-hydroxylation sites is 1. The second-order valence-corrected chi connectivity index (χ2v) is 5.86. The number of carbonyl (C=O) groups is 1. The van der Waals surface area contributed by atoms with Crippen molar-refractivity contribution in [1.82, 2.24) is 15.2 Å². The summed E-state index contributed by atoms with van der Waals surface area (Å²) in [5, 5.41) is 8.63. The first-order valence-electron chi connectivity index (χ1n) is 7.99. The van der Waals surface area contributed by atoms with Gasteiger partial charge in [-0.15, -0.1) is 0 Å². The molecule has 0 aliphatic carbocycles. The van der Waals surface area contributed by atoms with E-state index in [4.69, 9.17) is 4.42 Å². The smallest absolute Gasteiger partial charge is 0.274 e. The minimum absolute atomic E-state index is 0.295. The Bertz CT molecular complexity index is 936. The Kier molecular flexibility index (Phi) is 4.52. The number of hydrogen-bond acceptors (Lipinski definition) is 4. The van der Waals surface area contributed by atoms with Gasteiger partial charge in [0, 0.05) is 5.56 Å². The van der Waals surface area contributed by atoms with Crippen molar-refractivity contribution in [3.05, 3.63) is 70.4 Å². The van der Waals surface area contributed by atoms with Crippen LogP contribution in [-0.4, -0.2) is 21.9 Å². The zero-order chi connectivity index (χ0) is 18.0. The highest BCUT2D eigenvalue weighted by Crippen LogP contribution is 2.16. The van der Waals surface area contributed by atoms with Crippen LogP contribution in [0.1, 0.15) is 38.8 Å². The van der Waals surface area contributed by atoms with E-state index in [0.717, 1.165) is 22.6 Å². The van der Waals surface area contributed by atoms with Gasteiger partial charge in [0.15, 0.2) is 0 Å². The minimum atomic E-state index is -0.295. The molecule has 2 heterocycles. The van der Waals surface area contributed by atoms with Crippen LogP contribution >= 0.6 is 0 Å². The van der Waals surface area contributed by atoms with E-state index in [1.165, 1.54) is 0 Å². The molecule has 1 N–H and O–H groups in total. The van der Waals surface area contributed by atoms with Crippen LogP contribution in [-0.2, 0) is 0 Å². The maximum atomic E-state index is 12.2. The molecule has 2 aromatic heterocycles. The number of carbonyl (C=O) groups excluding carboxylic acids is 1. The number of nitrogens with one attached hydrogen (secondary N) is 1. The molecule has 3 aromatic rings. The number of furan rings is 1. The van der Waals surface area contributed by atoms with Crippen molar-refractivity contribution in [2.75, 3.05) is 0 Å². The molecular weight excluding hydrogens is 316 g/mol. The SMILES string of the molecule is Cc1cc(C(=O)NN=Cc2c(C)nn(-c3ccccc3)c2C)c(C)o1. The van der Waals surface area contributed by atoms with E-state index in [1.807, 2.05) is 48.9 Å². The topological polar surface area (TPSA) is 72.4 Å². The summed E-state index contributed by atoms with van der Waals surface area (Å²) < 4.78 is 7.23. The van der Waals surface area contributed by atoms with Crippen molar-refractivity contribution in [2.45, 2.75) is 27.7 Å². The fraction of sp³-hybridized carbons (Fsp3) is 0.211. The second kappa shape index (κ2) is 6.76. The lowest BCUT2D eigenvalue weighted by Gasteiger charge is -2.03. The second-order valence-electron chi connectivity index (χ2n) is 5.86. The first kappa shape index (κ1) is 16.7. The van der Waals surface area contributed by atoms with Crippen molar-refractivity contribution in [1.29, 1.82) is 0 Å². The fourth-order valence-corrected chi connectivity index (χ4v) is 2.73. The van der Waals surface area contributed by atoms with Crippen LogP contribution in [0.3, 0.4) is 0 Å². The van der Waals surface area contributed by atoms with E-state index in [9.17, 15) is 4.79 Å². The first-order chi connectivity index (χ1) is 12.0. The van der Waals surface area contributed by atoms with Gasteiger partial charge >= 0.3 is 0 Å². The van der Waals surface area contributed by atoms with E-state index >= 15 is 0 Å². The lowest BCUT2D eigenvalue weighted by atomic mass is 10.2. The van der Waals surface area contributed by atoms with Crippen LogP contribution < -0.4 is 5.43 Å². The fourth-order valence-electron chi connectivity index (χ4n) is 2.73. The molecular formula is C19H20N4O2. The Morgan fingerprint density at radius 2 is 1.92 bits per heavy atom. The Labute approximate surface area is 146 Å². The maximum Gasteiger partial charge on any atom is 0.274 e. The van der Waals surface area contributed by atoms with Crippen molar-refractivity contribution in [3.8, 4) is 5.69 Å². The lowest BCUT2D eigenvalue weighted by Crippen LogP contribution is -2.17. The molecule has 128 valence electrons. The van der Waals surface area contributed by atoms with Crippen LogP contribution in [0.2, 0.25) is 0 Å². The van der Waals surface area contributed by atoms with Crippen LogP contribution in [0.25, 0.3) is 5.69 Å². The number of aromatic nitrogens is 2. The minimum Gasteiger partial charge on any atom is -0.466 e. The normalized spacial score (nSPS) is 11.2. The first-order valence-corrected chi connectivity index (χ1v) is 7.99. The largest absolute Gasteiger partial charge is 0.466 e. The summed E-state index contributed by atoms with van der Waals surface area (Å²) in [6, 6.07) is 11.6. The molecule has 0 saturated carbocycles. The average molecular weight is 336 g/mol. The molecule has 0 atom stereocenters. The van der Waals surface area contributed by atoms with Gasteiger partial charge in [-0.25, -0.2) is 10.1 Å². The van der Waals surface area contributed by atoms with E-state index in [2.05, 4.69) is 15.6 Å². The molecule has 0 aliphatic heterocycles. The Balaban J connectivity index is 1.79. The molecule has 6 nitrogen and oxygen atoms in total. The molecule has 0 bridgehead atoms.